The van der Waals surface area contributed by atoms with Gasteiger partial charge >= 0.3 is 6.03 Å². The molecule has 1 aliphatic heterocycles. The maximum atomic E-state index is 14.5. The second kappa shape index (κ2) is 15.6. The fraction of sp³-hybridized carbons (Fsp3) is 0.763. The molecule has 0 aromatic heterocycles. The number of nitrogens with one attached hydrogen (secondary N) is 3. The summed E-state index contributed by atoms with van der Waals surface area (Å²) < 4.78 is 27.0. The van der Waals surface area contributed by atoms with Crippen LogP contribution < -0.4 is 16.0 Å². The van der Waals surface area contributed by atoms with Gasteiger partial charge in [-0.05, 0) is 61.2 Å². The zero-order valence-corrected chi connectivity index (χ0v) is 31.5. The van der Waals surface area contributed by atoms with Crippen molar-refractivity contribution in [1.29, 1.82) is 0 Å². The molecule has 5 atom stereocenters. The van der Waals surface area contributed by atoms with Gasteiger partial charge in [0.15, 0.2) is 9.84 Å². The molecular weight excluding hydrogens is 657 g/mol. The fourth-order valence-corrected chi connectivity index (χ4v) is 11.0. The molecule has 4 aliphatic rings. The number of hydrogen-bond acceptors (Lipinski definition) is 7. The third-order valence-electron chi connectivity index (χ3n) is 11.7. The van der Waals surface area contributed by atoms with Gasteiger partial charge < -0.3 is 20.9 Å². The number of terminal acetylenes is 1. The quantitative estimate of drug-likeness (QED) is 0.130. The number of ketones is 2. The highest BCUT2D eigenvalue weighted by Crippen LogP contribution is 2.65. The van der Waals surface area contributed by atoms with Gasteiger partial charge in [-0.25, -0.2) is 13.2 Å². The fourth-order valence-electron chi connectivity index (χ4n) is 8.62. The lowest BCUT2D eigenvalue weighted by atomic mass is 9.83. The van der Waals surface area contributed by atoms with Crippen molar-refractivity contribution in [3.8, 4) is 12.3 Å². The van der Waals surface area contributed by atoms with Crippen LogP contribution in [-0.4, -0.2) is 83.9 Å². The molecule has 4 amide bonds. The first-order valence-electron chi connectivity index (χ1n) is 18.4. The molecule has 0 bridgehead atoms. The van der Waals surface area contributed by atoms with Gasteiger partial charge in [0, 0.05) is 19.4 Å². The highest BCUT2D eigenvalue weighted by Gasteiger charge is 2.70. The largest absolute Gasteiger partial charge is 0.344 e. The van der Waals surface area contributed by atoms with Crippen molar-refractivity contribution < 1.29 is 32.4 Å². The number of likely N-dealkylation sites (tertiary alicyclic amines) is 1. The topological polar surface area (TPSA) is 159 Å². The Morgan fingerprint density at radius 2 is 1.66 bits per heavy atom. The maximum Gasteiger partial charge on any atom is 0.315 e. The summed E-state index contributed by atoms with van der Waals surface area (Å²) in [7, 11) is -3.43. The van der Waals surface area contributed by atoms with E-state index in [2.05, 4.69) is 28.4 Å². The minimum atomic E-state index is -3.43. The van der Waals surface area contributed by atoms with Crippen molar-refractivity contribution in [3.05, 3.63) is 12.7 Å². The third-order valence-corrected chi connectivity index (χ3v) is 14.1. The molecule has 278 valence electrons. The number of hydrogen-bond donors (Lipinski definition) is 3. The number of piperidine rings is 1. The molecule has 4 fully saturated rings. The van der Waals surface area contributed by atoms with Gasteiger partial charge in [-0.1, -0.05) is 72.8 Å². The first-order valence-corrected chi connectivity index (χ1v) is 20.1. The number of rotatable bonds is 15. The van der Waals surface area contributed by atoms with Gasteiger partial charge in [0.05, 0.1) is 22.6 Å². The molecule has 11 nitrogen and oxygen atoms in total. The van der Waals surface area contributed by atoms with Gasteiger partial charge in [0.2, 0.25) is 23.4 Å². The summed E-state index contributed by atoms with van der Waals surface area (Å²) in [5.41, 5.74) is -1.91. The second-order valence-corrected chi connectivity index (χ2v) is 19.0. The van der Waals surface area contributed by atoms with Crippen LogP contribution in [0.3, 0.4) is 0 Å². The lowest BCUT2D eigenvalue weighted by molar-refractivity contribution is -0.145. The molecule has 0 spiro atoms. The SMILES string of the molecule is C#CCCC(NC(=O)C1C2C(CN1C(=O)[C@@H](NC(=O)NC1(CS(=O)(=O)C3CCCC3)CCCCC1)C(C)(C)C)C2(C)C)C(=O)C(=O)CCC=C. The van der Waals surface area contributed by atoms with E-state index in [4.69, 9.17) is 6.42 Å². The van der Waals surface area contributed by atoms with Crippen molar-refractivity contribution in [2.45, 2.75) is 147 Å². The average Bonchev–Trinajstić information content (AvgIpc) is 3.51. The van der Waals surface area contributed by atoms with Gasteiger partial charge in [-0.3, -0.25) is 19.2 Å². The lowest BCUT2D eigenvalue weighted by Gasteiger charge is -2.41. The number of Topliss-reactive ketones (excluding diaryl/α,β-unsaturated/α-hetero) is 2. The van der Waals surface area contributed by atoms with Gasteiger partial charge in [0.25, 0.3) is 0 Å². The Morgan fingerprint density at radius 3 is 2.24 bits per heavy atom. The Labute approximate surface area is 298 Å². The van der Waals surface area contributed by atoms with E-state index in [0.717, 1.165) is 32.1 Å². The minimum Gasteiger partial charge on any atom is -0.344 e. The maximum absolute atomic E-state index is 14.5. The van der Waals surface area contributed by atoms with Crippen LogP contribution in [0.15, 0.2) is 12.7 Å². The summed E-state index contributed by atoms with van der Waals surface area (Å²) in [5, 5.41) is 8.33. The van der Waals surface area contributed by atoms with Crippen LogP contribution in [0.1, 0.15) is 118 Å². The molecule has 0 aromatic carbocycles. The summed E-state index contributed by atoms with van der Waals surface area (Å²) in [5.74, 6) is -0.0885. The number of allylic oxidation sites excluding steroid dienone is 1. The Bertz CT molecular complexity index is 1480. The van der Waals surface area contributed by atoms with Crippen molar-refractivity contribution in [1.82, 2.24) is 20.9 Å². The Hall–Kier alpha value is -3.20. The van der Waals surface area contributed by atoms with E-state index < -0.39 is 68.3 Å². The molecule has 3 saturated carbocycles. The normalized spacial score (nSPS) is 25.4. The van der Waals surface area contributed by atoms with E-state index in [9.17, 15) is 32.4 Å². The van der Waals surface area contributed by atoms with Crippen molar-refractivity contribution in [2.75, 3.05) is 12.3 Å². The number of carbonyl (C=O) groups is 5. The standard InChI is InChI=1S/C38H58N4O7S/c1-8-10-19-27(31(44)28(43)20-11-9-2)39-33(45)30-29-26(37(29,6)7)23-42(30)34(46)32(36(3,4)5)40-35(47)41-38(21-15-12-16-22-38)24-50(48,49)25-17-13-14-18-25/h1,9,25-27,29-30,32H,2,10-24H2,3-7H3,(H,39,45)(H2,40,41,47)/t26?,27?,29?,30?,32-/m1/s1. The Balaban J connectivity index is 1.54. The molecule has 3 N–H and O–H groups in total. The number of nitrogens with zero attached hydrogens (tertiary/aromatic N) is 1. The minimum absolute atomic E-state index is 0.0225. The van der Waals surface area contributed by atoms with E-state index in [1.54, 1.807) is 6.08 Å². The van der Waals surface area contributed by atoms with Crippen molar-refractivity contribution >= 4 is 39.2 Å². The van der Waals surface area contributed by atoms with Crippen LogP contribution in [0.2, 0.25) is 0 Å². The van der Waals surface area contributed by atoms with Gasteiger partial charge in [0.1, 0.15) is 12.1 Å². The number of carbonyl (C=O) groups excluding carboxylic acids is 5. The molecule has 3 aliphatic carbocycles. The zero-order valence-electron chi connectivity index (χ0n) is 30.6. The van der Waals surface area contributed by atoms with Crippen molar-refractivity contribution in [3.63, 3.8) is 0 Å². The smallest absolute Gasteiger partial charge is 0.315 e. The van der Waals surface area contributed by atoms with Crippen LogP contribution in [0.4, 0.5) is 4.79 Å². The second-order valence-electron chi connectivity index (χ2n) is 16.8. The Morgan fingerprint density at radius 1 is 1.02 bits per heavy atom. The first kappa shape index (κ1) is 39.6. The van der Waals surface area contributed by atoms with Crippen LogP contribution in [0.25, 0.3) is 0 Å². The van der Waals surface area contributed by atoms with E-state index in [1.165, 1.54) is 4.90 Å². The van der Waals surface area contributed by atoms with E-state index >= 15 is 0 Å². The van der Waals surface area contributed by atoms with Crippen LogP contribution in [0.5, 0.6) is 0 Å². The van der Waals surface area contributed by atoms with E-state index in [-0.39, 0.29) is 47.5 Å². The monoisotopic (exact) mass is 714 g/mol. The van der Waals surface area contributed by atoms with E-state index in [1.807, 2.05) is 34.6 Å². The van der Waals surface area contributed by atoms with Crippen molar-refractivity contribution in [2.24, 2.45) is 22.7 Å². The summed E-state index contributed by atoms with van der Waals surface area (Å²) in [6, 6.07) is -3.68. The predicted molar refractivity (Wildman–Crippen MR) is 192 cm³/mol. The van der Waals surface area contributed by atoms with Crippen LogP contribution in [-0.2, 0) is 29.0 Å². The molecule has 50 heavy (non-hydrogen) atoms. The molecule has 1 heterocycles. The number of sulfone groups is 1. The summed E-state index contributed by atoms with van der Waals surface area (Å²) in [4.78, 5) is 69.5. The average molecular weight is 715 g/mol. The molecule has 4 unspecified atom stereocenters. The molecule has 0 radical (unpaired) electrons. The molecule has 12 heteroatoms. The highest BCUT2D eigenvalue weighted by molar-refractivity contribution is 7.92. The van der Waals surface area contributed by atoms with Crippen LogP contribution in [0, 0.1) is 35.0 Å². The number of urea groups is 1. The summed E-state index contributed by atoms with van der Waals surface area (Å²) >= 11 is 0. The zero-order chi connectivity index (χ0) is 37.1. The Kier molecular flexibility index (Phi) is 12.3. The molecule has 1 saturated heterocycles. The number of fused-ring (bicyclic) bond motifs is 1. The molecule has 4 rings (SSSR count). The lowest BCUT2D eigenvalue weighted by Crippen LogP contribution is -2.64. The third kappa shape index (κ3) is 8.80. The first-order chi connectivity index (χ1) is 23.4. The number of amides is 4. The predicted octanol–water partition coefficient (Wildman–Crippen LogP) is 4.25. The van der Waals surface area contributed by atoms with Gasteiger partial charge in [-0.15, -0.1) is 18.9 Å². The molecular formula is C38H58N4O7S. The van der Waals surface area contributed by atoms with Crippen LogP contribution >= 0.6 is 0 Å². The summed E-state index contributed by atoms with van der Waals surface area (Å²) in [6.45, 7) is 13.5. The molecule has 0 aromatic rings. The van der Waals surface area contributed by atoms with E-state index in [0.29, 0.717) is 38.6 Å². The highest BCUT2D eigenvalue weighted by atomic mass is 32.2. The van der Waals surface area contributed by atoms with Gasteiger partial charge in [-0.2, -0.15) is 0 Å². The summed E-state index contributed by atoms with van der Waals surface area (Å²) in [6.07, 6.45) is 14.3.